The molecule has 0 fully saturated rings. The van der Waals surface area contributed by atoms with Gasteiger partial charge in [0.1, 0.15) is 0 Å². The third-order valence-corrected chi connectivity index (χ3v) is 5.80. The number of aromatic nitrogens is 1. The van der Waals surface area contributed by atoms with Crippen LogP contribution in [-0.4, -0.2) is 30.3 Å². The van der Waals surface area contributed by atoms with E-state index >= 15 is 0 Å². The Hall–Kier alpha value is -2.99. The van der Waals surface area contributed by atoms with Crippen LogP contribution in [0.4, 0.5) is 0 Å². The van der Waals surface area contributed by atoms with Gasteiger partial charge in [-0.3, -0.25) is 4.79 Å². The quantitative estimate of drug-likeness (QED) is 0.341. The summed E-state index contributed by atoms with van der Waals surface area (Å²) in [4.78, 5) is 16.2. The van der Waals surface area contributed by atoms with Crippen molar-refractivity contribution >= 4 is 34.6 Å². The standard InChI is InChI=1S/C25H28ClN3O3/c1-3-11-32-24-20(26)12-16(13-23(24)31-4-2)15-27-29-25(30)17-9-10-22-19(14-17)18-7-5-6-8-21(18)28-22/h9-10,12-15,28H,3-8,11H2,1-2H3,(H,29,30)/b27-15-. The third kappa shape index (κ3) is 4.75. The Morgan fingerprint density at radius 2 is 2.03 bits per heavy atom. The number of rotatable bonds is 8. The minimum absolute atomic E-state index is 0.257. The third-order valence-electron chi connectivity index (χ3n) is 5.52. The molecule has 0 saturated heterocycles. The zero-order chi connectivity index (χ0) is 22.5. The van der Waals surface area contributed by atoms with Crippen LogP contribution in [-0.2, 0) is 12.8 Å². The molecule has 1 amide bonds. The van der Waals surface area contributed by atoms with Gasteiger partial charge in [0.2, 0.25) is 0 Å². The number of halogens is 1. The highest BCUT2D eigenvalue weighted by atomic mass is 35.5. The van der Waals surface area contributed by atoms with Crippen LogP contribution >= 0.6 is 11.6 Å². The highest BCUT2D eigenvalue weighted by Crippen LogP contribution is 2.36. The predicted molar refractivity (Wildman–Crippen MR) is 128 cm³/mol. The molecule has 3 aromatic rings. The molecule has 168 valence electrons. The van der Waals surface area contributed by atoms with Gasteiger partial charge in [-0.1, -0.05) is 18.5 Å². The molecule has 32 heavy (non-hydrogen) atoms. The molecule has 7 heteroatoms. The van der Waals surface area contributed by atoms with Crippen LogP contribution in [0.25, 0.3) is 10.9 Å². The van der Waals surface area contributed by atoms with Crippen LogP contribution in [0, 0.1) is 0 Å². The van der Waals surface area contributed by atoms with Gasteiger partial charge >= 0.3 is 0 Å². The van der Waals surface area contributed by atoms with E-state index in [1.165, 1.54) is 24.1 Å². The monoisotopic (exact) mass is 453 g/mol. The number of carbonyl (C=O) groups excluding carboxylic acids is 1. The van der Waals surface area contributed by atoms with Gasteiger partial charge in [-0.2, -0.15) is 5.10 Å². The number of ether oxygens (including phenoxy) is 2. The van der Waals surface area contributed by atoms with Gasteiger partial charge in [-0.05, 0) is 80.5 Å². The Morgan fingerprint density at radius 1 is 1.19 bits per heavy atom. The number of hydrazone groups is 1. The fourth-order valence-electron chi connectivity index (χ4n) is 4.05. The zero-order valence-electron chi connectivity index (χ0n) is 18.5. The maximum absolute atomic E-state index is 12.7. The second-order valence-electron chi connectivity index (χ2n) is 7.86. The minimum Gasteiger partial charge on any atom is -0.490 e. The van der Waals surface area contributed by atoms with Gasteiger partial charge in [-0.25, -0.2) is 5.43 Å². The van der Waals surface area contributed by atoms with Crippen molar-refractivity contribution in [2.45, 2.75) is 46.0 Å². The molecule has 0 unspecified atom stereocenters. The molecule has 2 aromatic carbocycles. The molecule has 0 aliphatic heterocycles. The lowest BCUT2D eigenvalue weighted by Crippen LogP contribution is -2.17. The van der Waals surface area contributed by atoms with Crippen molar-refractivity contribution in [1.82, 2.24) is 10.4 Å². The molecule has 1 heterocycles. The summed E-state index contributed by atoms with van der Waals surface area (Å²) >= 11 is 6.39. The van der Waals surface area contributed by atoms with Crippen molar-refractivity contribution in [2.75, 3.05) is 13.2 Å². The van der Waals surface area contributed by atoms with Crippen LogP contribution in [0.3, 0.4) is 0 Å². The molecular formula is C25H28ClN3O3. The van der Waals surface area contributed by atoms with Crippen molar-refractivity contribution in [3.8, 4) is 11.5 Å². The average molecular weight is 454 g/mol. The molecule has 6 nitrogen and oxygen atoms in total. The number of carbonyl (C=O) groups is 1. The molecule has 1 aromatic heterocycles. The first-order valence-corrected chi connectivity index (χ1v) is 11.5. The number of nitrogens with zero attached hydrogens (tertiary/aromatic N) is 1. The first-order valence-electron chi connectivity index (χ1n) is 11.2. The maximum atomic E-state index is 12.7. The normalized spacial score (nSPS) is 13.3. The molecule has 0 saturated carbocycles. The van der Waals surface area contributed by atoms with E-state index < -0.39 is 0 Å². The van der Waals surface area contributed by atoms with Crippen LogP contribution in [0.1, 0.15) is 60.3 Å². The zero-order valence-corrected chi connectivity index (χ0v) is 19.2. The van der Waals surface area contributed by atoms with Crippen molar-refractivity contribution in [3.63, 3.8) is 0 Å². The summed E-state index contributed by atoms with van der Waals surface area (Å²) in [6.07, 6.45) is 6.95. The number of hydrogen-bond donors (Lipinski definition) is 2. The van der Waals surface area contributed by atoms with E-state index in [1.54, 1.807) is 18.3 Å². The summed E-state index contributed by atoms with van der Waals surface area (Å²) in [6.45, 7) is 4.97. The summed E-state index contributed by atoms with van der Waals surface area (Å²) in [6, 6.07) is 9.27. The number of nitrogens with one attached hydrogen (secondary N) is 2. The Morgan fingerprint density at radius 3 is 2.84 bits per heavy atom. The van der Waals surface area contributed by atoms with Crippen molar-refractivity contribution in [3.05, 3.63) is 57.7 Å². The minimum atomic E-state index is -0.257. The van der Waals surface area contributed by atoms with Gasteiger partial charge in [0.05, 0.1) is 24.5 Å². The lowest BCUT2D eigenvalue weighted by atomic mass is 9.95. The van der Waals surface area contributed by atoms with Crippen LogP contribution in [0.15, 0.2) is 35.4 Å². The smallest absolute Gasteiger partial charge is 0.271 e. The topological polar surface area (TPSA) is 75.7 Å². The van der Waals surface area contributed by atoms with E-state index in [0.29, 0.717) is 40.9 Å². The summed E-state index contributed by atoms with van der Waals surface area (Å²) in [7, 11) is 0. The number of fused-ring (bicyclic) bond motifs is 3. The Bertz CT molecular complexity index is 1150. The first-order chi connectivity index (χ1) is 15.6. The van der Waals surface area contributed by atoms with E-state index in [2.05, 4.69) is 15.5 Å². The van der Waals surface area contributed by atoms with Gasteiger partial charge < -0.3 is 14.5 Å². The fraction of sp³-hybridized carbons (Fsp3) is 0.360. The van der Waals surface area contributed by atoms with Crippen LogP contribution in [0.2, 0.25) is 5.02 Å². The lowest BCUT2D eigenvalue weighted by molar-refractivity contribution is 0.0955. The molecule has 0 spiro atoms. The van der Waals surface area contributed by atoms with E-state index in [4.69, 9.17) is 21.1 Å². The molecule has 2 N–H and O–H groups in total. The largest absolute Gasteiger partial charge is 0.490 e. The number of hydrogen-bond acceptors (Lipinski definition) is 4. The molecular weight excluding hydrogens is 426 g/mol. The Labute approximate surface area is 192 Å². The van der Waals surface area contributed by atoms with Crippen LogP contribution < -0.4 is 14.9 Å². The van der Waals surface area contributed by atoms with E-state index in [-0.39, 0.29) is 5.91 Å². The number of aromatic amines is 1. The Balaban J connectivity index is 1.49. The summed E-state index contributed by atoms with van der Waals surface area (Å²) < 4.78 is 11.4. The second-order valence-corrected chi connectivity index (χ2v) is 8.27. The highest BCUT2D eigenvalue weighted by Gasteiger charge is 2.17. The summed E-state index contributed by atoms with van der Waals surface area (Å²) in [5, 5.41) is 5.70. The average Bonchev–Trinajstić information content (AvgIpc) is 3.16. The Kier molecular flexibility index (Phi) is 7.00. The number of H-pyrrole nitrogens is 1. The SMILES string of the molecule is CCCOc1c(Cl)cc(/C=N\NC(=O)c2ccc3[nH]c4c(c3c2)CCCC4)cc1OCC. The summed E-state index contributed by atoms with van der Waals surface area (Å²) in [5.41, 5.74) is 7.62. The molecule has 0 radical (unpaired) electrons. The second kappa shape index (κ2) is 10.1. The summed E-state index contributed by atoms with van der Waals surface area (Å²) in [5.74, 6) is 0.830. The first kappa shape index (κ1) is 22.2. The van der Waals surface area contributed by atoms with Gasteiger partial charge in [0, 0.05) is 22.2 Å². The molecule has 1 aliphatic rings. The maximum Gasteiger partial charge on any atom is 0.271 e. The van der Waals surface area contributed by atoms with Crippen molar-refractivity contribution < 1.29 is 14.3 Å². The van der Waals surface area contributed by atoms with E-state index in [9.17, 15) is 4.79 Å². The fourth-order valence-corrected chi connectivity index (χ4v) is 4.32. The number of aryl methyl sites for hydroxylation is 2. The van der Waals surface area contributed by atoms with Crippen LogP contribution in [0.5, 0.6) is 11.5 Å². The van der Waals surface area contributed by atoms with E-state index in [0.717, 1.165) is 30.2 Å². The lowest BCUT2D eigenvalue weighted by Gasteiger charge is -2.13. The molecule has 0 atom stereocenters. The highest BCUT2D eigenvalue weighted by molar-refractivity contribution is 6.32. The number of benzene rings is 2. The molecule has 4 rings (SSSR count). The molecule has 1 aliphatic carbocycles. The predicted octanol–water partition coefficient (Wildman–Crippen LogP) is 5.65. The number of amides is 1. The van der Waals surface area contributed by atoms with Gasteiger partial charge in [-0.15, -0.1) is 0 Å². The van der Waals surface area contributed by atoms with Crippen molar-refractivity contribution in [1.29, 1.82) is 0 Å². The van der Waals surface area contributed by atoms with Gasteiger partial charge in [0.15, 0.2) is 11.5 Å². The molecule has 0 bridgehead atoms. The van der Waals surface area contributed by atoms with Crippen molar-refractivity contribution in [2.24, 2.45) is 5.10 Å². The van der Waals surface area contributed by atoms with Gasteiger partial charge in [0.25, 0.3) is 5.91 Å². The van der Waals surface area contributed by atoms with E-state index in [1.807, 2.05) is 32.0 Å².